The van der Waals surface area contributed by atoms with Crippen LogP contribution in [0.3, 0.4) is 0 Å². The van der Waals surface area contributed by atoms with E-state index in [-0.39, 0.29) is 5.91 Å². The Morgan fingerprint density at radius 3 is 2.33 bits per heavy atom. The van der Waals surface area contributed by atoms with Gasteiger partial charge in [-0.3, -0.25) is 4.79 Å². The molecule has 1 aromatic carbocycles. The first-order chi connectivity index (χ1) is 14.6. The third-order valence-corrected chi connectivity index (χ3v) is 7.56. The number of hydrogen-bond acceptors (Lipinski definition) is 3. The number of ether oxygens (including phenoxy) is 1. The molecule has 5 nitrogen and oxygen atoms in total. The summed E-state index contributed by atoms with van der Waals surface area (Å²) in [4.78, 5) is 17.3. The summed E-state index contributed by atoms with van der Waals surface area (Å²) in [6.45, 7) is 6.36. The minimum Gasteiger partial charge on any atom is -0.494 e. The van der Waals surface area contributed by atoms with Gasteiger partial charge in [-0.1, -0.05) is 19.3 Å². The molecule has 2 saturated heterocycles. The molecule has 0 unspecified atom stereocenters. The van der Waals surface area contributed by atoms with Crippen LogP contribution in [0, 0.1) is 5.41 Å². The number of nitrogens with zero attached hydrogens (tertiary/aromatic N) is 2. The van der Waals surface area contributed by atoms with E-state index in [0.29, 0.717) is 18.1 Å². The van der Waals surface area contributed by atoms with Crippen molar-refractivity contribution in [2.75, 3.05) is 32.8 Å². The van der Waals surface area contributed by atoms with Crippen LogP contribution in [-0.2, 0) is 0 Å². The Morgan fingerprint density at radius 2 is 1.70 bits per heavy atom. The summed E-state index contributed by atoms with van der Waals surface area (Å²) in [5, 5.41) is 4.58. The first-order valence-electron chi connectivity index (χ1n) is 11.7. The fourth-order valence-corrected chi connectivity index (χ4v) is 5.58. The van der Waals surface area contributed by atoms with Gasteiger partial charge in [0.2, 0.25) is 0 Å². The van der Waals surface area contributed by atoms with Gasteiger partial charge in [0.1, 0.15) is 5.75 Å². The van der Waals surface area contributed by atoms with Crippen molar-refractivity contribution in [3.05, 3.63) is 29.8 Å². The van der Waals surface area contributed by atoms with E-state index in [1.54, 1.807) is 0 Å². The molecule has 0 atom stereocenters. The van der Waals surface area contributed by atoms with Crippen LogP contribution >= 0.6 is 12.2 Å². The molecular weight excluding hydrogens is 394 g/mol. The smallest absolute Gasteiger partial charge is 0.253 e. The van der Waals surface area contributed by atoms with Crippen LogP contribution in [-0.4, -0.2) is 59.6 Å². The Morgan fingerprint density at radius 1 is 1.07 bits per heavy atom. The molecule has 1 N–H and O–H groups in total. The van der Waals surface area contributed by atoms with Gasteiger partial charge in [-0.2, -0.15) is 0 Å². The van der Waals surface area contributed by atoms with Crippen LogP contribution in [0.25, 0.3) is 0 Å². The molecule has 1 aromatic rings. The highest BCUT2D eigenvalue weighted by atomic mass is 32.1. The minimum atomic E-state index is 0.136. The molecule has 6 heteroatoms. The molecule has 3 fully saturated rings. The van der Waals surface area contributed by atoms with E-state index in [9.17, 15) is 4.79 Å². The molecule has 3 aliphatic rings. The van der Waals surface area contributed by atoms with Gasteiger partial charge in [0.15, 0.2) is 5.11 Å². The summed E-state index contributed by atoms with van der Waals surface area (Å²) in [6.07, 6.45) is 9.83. The average Bonchev–Trinajstić information content (AvgIpc) is 3.19. The normalized spacial score (nSPS) is 21.6. The number of nitrogens with one attached hydrogen (secondary N) is 1. The van der Waals surface area contributed by atoms with Crippen LogP contribution in [0.5, 0.6) is 5.75 Å². The lowest BCUT2D eigenvalue weighted by atomic mass is 9.77. The molecule has 164 valence electrons. The summed E-state index contributed by atoms with van der Waals surface area (Å²) < 4.78 is 5.48. The molecule has 0 radical (unpaired) electrons. The van der Waals surface area contributed by atoms with Crippen molar-refractivity contribution in [3.8, 4) is 5.75 Å². The number of likely N-dealkylation sites (tertiary alicyclic amines) is 2. The highest BCUT2D eigenvalue weighted by Crippen LogP contribution is 2.40. The third-order valence-electron chi connectivity index (χ3n) is 7.18. The number of carbonyl (C=O) groups is 1. The average molecular weight is 430 g/mol. The zero-order valence-electron chi connectivity index (χ0n) is 18.2. The van der Waals surface area contributed by atoms with Gasteiger partial charge >= 0.3 is 0 Å². The van der Waals surface area contributed by atoms with E-state index >= 15 is 0 Å². The minimum absolute atomic E-state index is 0.136. The fraction of sp³-hybridized carbons (Fsp3) is 0.667. The van der Waals surface area contributed by atoms with E-state index < -0.39 is 0 Å². The first kappa shape index (κ1) is 21.4. The molecule has 2 aliphatic heterocycles. The predicted molar refractivity (Wildman–Crippen MR) is 124 cm³/mol. The van der Waals surface area contributed by atoms with Crippen LogP contribution < -0.4 is 10.1 Å². The van der Waals surface area contributed by atoms with E-state index in [1.165, 1.54) is 38.5 Å². The Kier molecular flexibility index (Phi) is 6.81. The maximum absolute atomic E-state index is 12.9. The van der Waals surface area contributed by atoms with Crippen LogP contribution in [0.1, 0.15) is 68.6 Å². The Bertz CT molecular complexity index is 737. The highest BCUT2D eigenvalue weighted by Gasteiger charge is 2.42. The summed E-state index contributed by atoms with van der Waals surface area (Å²) >= 11 is 5.75. The maximum atomic E-state index is 12.9. The Labute approximate surface area is 186 Å². The van der Waals surface area contributed by atoms with E-state index in [0.717, 1.165) is 55.4 Å². The van der Waals surface area contributed by atoms with Gasteiger partial charge < -0.3 is 19.9 Å². The SMILES string of the molecule is CCOc1ccc(C(=O)N2CCC3(CC2)CCN(C(=S)NC2CCCCC2)C3)cc1. The summed E-state index contributed by atoms with van der Waals surface area (Å²) in [6, 6.07) is 8.10. The summed E-state index contributed by atoms with van der Waals surface area (Å²) in [5.41, 5.74) is 1.06. The van der Waals surface area contributed by atoms with Crippen molar-refractivity contribution in [3.63, 3.8) is 0 Å². The van der Waals surface area contributed by atoms with Gasteiger partial charge in [0.25, 0.3) is 5.91 Å². The third kappa shape index (κ3) is 4.90. The molecule has 30 heavy (non-hydrogen) atoms. The molecule has 1 spiro atoms. The lowest BCUT2D eigenvalue weighted by molar-refractivity contribution is 0.0598. The lowest BCUT2D eigenvalue weighted by Crippen LogP contribution is -2.47. The molecular formula is C24H35N3O2S. The van der Waals surface area contributed by atoms with Gasteiger partial charge in [-0.15, -0.1) is 0 Å². The van der Waals surface area contributed by atoms with Crippen molar-refractivity contribution >= 4 is 23.2 Å². The van der Waals surface area contributed by atoms with E-state index in [1.807, 2.05) is 36.1 Å². The van der Waals surface area contributed by atoms with Crippen LogP contribution in [0.15, 0.2) is 24.3 Å². The number of carbonyl (C=O) groups excluding carboxylic acids is 1. The first-order valence-corrected chi connectivity index (χ1v) is 12.1. The zero-order valence-corrected chi connectivity index (χ0v) is 19.0. The van der Waals surface area contributed by atoms with Crippen LogP contribution in [0.4, 0.5) is 0 Å². The topological polar surface area (TPSA) is 44.8 Å². The molecule has 0 aromatic heterocycles. The number of benzene rings is 1. The van der Waals surface area contributed by atoms with Crippen molar-refractivity contribution in [1.29, 1.82) is 0 Å². The van der Waals surface area contributed by atoms with Crippen molar-refractivity contribution < 1.29 is 9.53 Å². The van der Waals surface area contributed by atoms with Crippen molar-refractivity contribution in [2.45, 2.75) is 64.3 Å². The van der Waals surface area contributed by atoms with Crippen molar-refractivity contribution in [1.82, 2.24) is 15.1 Å². The Hall–Kier alpha value is -1.82. The number of thiocarbonyl (C=S) groups is 1. The van der Waals surface area contributed by atoms with Gasteiger partial charge in [0.05, 0.1) is 6.61 Å². The number of piperidine rings is 1. The van der Waals surface area contributed by atoms with Gasteiger partial charge in [-0.25, -0.2) is 0 Å². The second kappa shape index (κ2) is 9.54. The van der Waals surface area contributed by atoms with Crippen LogP contribution in [0.2, 0.25) is 0 Å². The van der Waals surface area contributed by atoms with E-state index in [2.05, 4.69) is 10.2 Å². The monoisotopic (exact) mass is 429 g/mol. The quantitative estimate of drug-likeness (QED) is 0.726. The Balaban J connectivity index is 1.27. The summed E-state index contributed by atoms with van der Waals surface area (Å²) in [5.74, 6) is 0.952. The zero-order chi connectivity index (χ0) is 21.0. The molecule has 2 heterocycles. The maximum Gasteiger partial charge on any atom is 0.253 e. The van der Waals surface area contributed by atoms with Crippen molar-refractivity contribution in [2.24, 2.45) is 5.41 Å². The highest BCUT2D eigenvalue weighted by molar-refractivity contribution is 7.80. The van der Waals surface area contributed by atoms with E-state index in [4.69, 9.17) is 17.0 Å². The number of hydrogen-bond donors (Lipinski definition) is 1. The second-order valence-corrected chi connectivity index (χ2v) is 9.59. The second-order valence-electron chi connectivity index (χ2n) is 9.21. The fourth-order valence-electron chi connectivity index (χ4n) is 5.26. The van der Waals surface area contributed by atoms with Gasteiger partial charge in [-0.05, 0) is 80.9 Å². The summed E-state index contributed by atoms with van der Waals surface area (Å²) in [7, 11) is 0. The number of rotatable bonds is 4. The largest absolute Gasteiger partial charge is 0.494 e. The lowest BCUT2D eigenvalue weighted by Gasteiger charge is -2.39. The molecule has 0 bridgehead atoms. The molecule has 1 amide bonds. The standard InChI is InChI=1S/C24H35N3O2S/c1-2-29-21-10-8-19(9-11-21)22(28)26-15-12-24(13-16-26)14-17-27(18-24)23(30)25-20-6-4-3-5-7-20/h8-11,20H,2-7,12-18H2,1H3,(H,25,30). The molecule has 1 aliphatic carbocycles. The predicted octanol–water partition coefficient (Wildman–Crippen LogP) is 4.22. The molecule has 1 saturated carbocycles. The van der Waals surface area contributed by atoms with Gasteiger partial charge in [0, 0.05) is 37.8 Å². The molecule has 4 rings (SSSR count). The number of amides is 1.